The Morgan fingerprint density at radius 1 is 1.32 bits per heavy atom. The van der Waals surface area contributed by atoms with E-state index in [9.17, 15) is 26.7 Å². The summed E-state index contributed by atoms with van der Waals surface area (Å²) in [5.74, 6) is -1.14. The number of ether oxygens (including phenoxy) is 1. The number of hydrogen-bond donors (Lipinski definition) is 1. The molecule has 1 aromatic carbocycles. The largest absolute Gasteiger partial charge is 0.436 e. The van der Waals surface area contributed by atoms with Crippen molar-refractivity contribution in [3.8, 4) is 5.75 Å². The number of benzene rings is 1. The zero-order valence-corrected chi connectivity index (χ0v) is 15.4. The number of nitrogens with one attached hydrogen (secondary N) is 1. The highest BCUT2D eigenvalue weighted by Gasteiger charge is 2.42. The summed E-state index contributed by atoms with van der Waals surface area (Å²) in [5, 5.41) is 5.20. The van der Waals surface area contributed by atoms with Gasteiger partial charge < -0.3 is 10.1 Å². The number of halogens is 7. The topological polar surface area (TPSA) is 56.2 Å². The maximum atomic E-state index is 13.0. The van der Waals surface area contributed by atoms with Crippen molar-refractivity contribution in [1.82, 2.24) is 9.78 Å². The lowest BCUT2D eigenvalue weighted by Crippen LogP contribution is -2.21. The third kappa shape index (κ3) is 4.67. The Labute approximate surface area is 165 Å². The van der Waals surface area contributed by atoms with Gasteiger partial charge >= 0.3 is 12.8 Å². The number of nitrogens with zero attached hydrogens (tertiary/aromatic N) is 2. The van der Waals surface area contributed by atoms with Crippen LogP contribution in [0.3, 0.4) is 0 Å². The predicted octanol–water partition coefficient (Wildman–Crippen LogP) is 5.33. The number of anilines is 1. The van der Waals surface area contributed by atoms with Crippen LogP contribution in [-0.2, 0) is 17.5 Å². The van der Waals surface area contributed by atoms with Gasteiger partial charge in [0.2, 0.25) is 5.91 Å². The molecule has 0 atom stereocenters. The summed E-state index contributed by atoms with van der Waals surface area (Å²) in [5.41, 5.74) is -0.915. The first kappa shape index (κ1) is 20.7. The summed E-state index contributed by atoms with van der Waals surface area (Å²) in [6, 6.07) is 3.57. The van der Waals surface area contributed by atoms with Crippen molar-refractivity contribution in [2.45, 2.75) is 38.1 Å². The Morgan fingerprint density at radius 2 is 2.00 bits per heavy atom. The molecule has 1 fully saturated rings. The van der Waals surface area contributed by atoms with E-state index in [-0.39, 0.29) is 28.1 Å². The van der Waals surface area contributed by atoms with E-state index in [4.69, 9.17) is 23.2 Å². The van der Waals surface area contributed by atoms with Gasteiger partial charge in [-0.05, 0) is 31.0 Å². The zero-order chi connectivity index (χ0) is 20.6. The van der Waals surface area contributed by atoms with Gasteiger partial charge in [-0.3, -0.25) is 9.48 Å². The van der Waals surface area contributed by atoms with Crippen LogP contribution in [0.1, 0.15) is 30.1 Å². The van der Waals surface area contributed by atoms with Crippen LogP contribution in [0.15, 0.2) is 18.2 Å². The van der Waals surface area contributed by atoms with Gasteiger partial charge in [0.05, 0.1) is 15.7 Å². The summed E-state index contributed by atoms with van der Waals surface area (Å²) in [4.78, 5) is 12.2. The van der Waals surface area contributed by atoms with Gasteiger partial charge in [-0.1, -0.05) is 23.2 Å². The van der Waals surface area contributed by atoms with E-state index >= 15 is 0 Å². The van der Waals surface area contributed by atoms with Gasteiger partial charge in [0.1, 0.15) is 12.3 Å². The first-order valence-corrected chi connectivity index (χ1v) is 8.69. The fourth-order valence-corrected chi connectivity index (χ4v) is 3.23. The second kappa shape index (κ2) is 7.75. The highest BCUT2D eigenvalue weighted by molar-refractivity contribution is 6.32. The molecule has 0 radical (unpaired) electrons. The minimum absolute atomic E-state index is 0.152. The molecule has 12 heteroatoms. The van der Waals surface area contributed by atoms with Gasteiger partial charge in [-0.15, -0.1) is 0 Å². The van der Waals surface area contributed by atoms with Crippen LogP contribution >= 0.6 is 23.2 Å². The van der Waals surface area contributed by atoms with Crippen LogP contribution in [0.4, 0.5) is 27.6 Å². The Morgan fingerprint density at radius 3 is 2.54 bits per heavy atom. The van der Waals surface area contributed by atoms with Crippen LogP contribution < -0.4 is 10.1 Å². The van der Waals surface area contributed by atoms with Crippen LogP contribution in [0, 0.1) is 0 Å². The summed E-state index contributed by atoms with van der Waals surface area (Å²) in [7, 11) is 0. The predicted molar refractivity (Wildman–Crippen MR) is 90.9 cm³/mol. The maximum absolute atomic E-state index is 13.0. The second-order valence-corrected chi connectivity index (χ2v) is 6.83. The monoisotopic (exact) mass is 443 g/mol. The Bertz CT molecular complexity index is 897. The lowest BCUT2D eigenvalue weighted by Gasteiger charge is -2.11. The summed E-state index contributed by atoms with van der Waals surface area (Å²) < 4.78 is 68.7. The number of hydrogen-bond acceptors (Lipinski definition) is 3. The van der Waals surface area contributed by atoms with Crippen molar-refractivity contribution < 1.29 is 31.5 Å². The van der Waals surface area contributed by atoms with Crippen molar-refractivity contribution in [2.75, 3.05) is 5.32 Å². The van der Waals surface area contributed by atoms with E-state index in [2.05, 4.69) is 15.2 Å². The minimum Gasteiger partial charge on any atom is -0.433 e. The first-order chi connectivity index (χ1) is 13.1. The minimum atomic E-state index is -4.74. The first-order valence-electron chi connectivity index (χ1n) is 7.94. The zero-order valence-electron chi connectivity index (χ0n) is 13.9. The molecule has 1 aromatic heterocycles. The molecule has 0 bridgehead atoms. The van der Waals surface area contributed by atoms with Gasteiger partial charge in [0, 0.05) is 11.6 Å². The fraction of sp³-hybridized carbons (Fsp3) is 0.375. The molecule has 1 heterocycles. The summed E-state index contributed by atoms with van der Waals surface area (Å²) in [6.07, 6.45) is -3.42. The molecule has 1 saturated carbocycles. The van der Waals surface area contributed by atoms with Gasteiger partial charge in [0.25, 0.3) is 0 Å². The highest BCUT2D eigenvalue weighted by atomic mass is 35.5. The highest BCUT2D eigenvalue weighted by Crippen LogP contribution is 2.46. The van der Waals surface area contributed by atoms with E-state index in [0.29, 0.717) is 12.8 Å². The van der Waals surface area contributed by atoms with Gasteiger partial charge in [-0.25, -0.2) is 0 Å². The SMILES string of the molecule is O=C(Cn1nc(C(F)(F)F)c(Cl)c1C1CC1)Nc1ccc(OC(F)F)c(Cl)c1. The molecule has 0 unspecified atom stereocenters. The Balaban J connectivity index is 1.76. The normalized spacial score (nSPS) is 14.4. The summed E-state index contributed by atoms with van der Waals surface area (Å²) >= 11 is 11.6. The third-order valence-corrected chi connectivity index (χ3v) is 4.56. The number of amides is 1. The van der Waals surface area contributed by atoms with Crippen LogP contribution in [-0.4, -0.2) is 22.3 Å². The molecular weight excluding hydrogens is 432 g/mol. The Kier molecular flexibility index (Phi) is 5.72. The molecule has 1 aliphatic carbocycles. The fourth-order valence-electron chi connectivity index (χ4n) is 2.61. The third-order valence-electron chi connectivity index (χ3n) is 3.89. The molecule has 1 N–H and O–H groups in total. The molecule has 5 nitrogen and oxygen atoms in total. The molecule has 3 rings (SSSR count). The Hall–Kier alpha value is -2.07. The molecule has 1 amide bonds. The standard InChI is InChI=1S/C16H12Cl2F5N3O2/c17-9-5-8(3-4-10(9)28-15(19)20)24-11(27)6-26-13(7-1-2-7)12(18)14(25-26)16(21,22)23/h3-5,7,15H,1-2,6H2,(H,24,27). The van der Waals surface area contributed by atoms with Crippen molar-refractivity contribution in [3.63, 3.8) is 0 Å². The molecule has 152 valence electrons. The summed E-state index contributed by atoms with van der Waals surface area (Å²) in [6.45, 7) is -3.57. The van der Waals surface area contributed by atoms with E-state index in [1.807, 2.05) is 0 Å². The lowest BCUT2D eigenvalue weighted by atomic mass is 10.2. The second-order valence-electron chi connectivity index (χ2n) is 6.05. The number of rotatable bonds is 6. The van der Waals surface area contributed by atoms with Crippen LogP contribution in [0.5, 0.6) is 5.75 Å². The number of carbonyl (C=O) groups excluding carboxylic acids is 1. The number of carbonyl (C=O) groups is 1. The van der Waals surface area contributed by atoms with Gasteiger partial charge in [-0.2, -0.15) is 27.1 Å². The molecule has 0 spiro atoms. The maximum Gasteiger partial charge on any atom is 0.436 e. The van der Waals surface area contributed by atoms with Crippen molar-refractivity contribution in [2.24, 2.45) is 0 Å². The van der Waals surface area contributed by atoms with Crippen molar-refractivity contribution in [1.29, 1.82) is 0 Å². The molecule has 2 aromatic rings. The average molecular weight is 444 g/mol. The van der Waals surface area contributed by atoms with Crippen LogP contribution in [0.25, 0.3) is 0 Å². The van der Waals surface area contributed by atoms with Gasteiger partial charge in [0.15, 0.2) is 5.69 Å². The smallest absolute Gasteiger partial charge is 0.433 e. The van der Waals surface area contributed by atoms with Crippen LogP contribution in [0.2, 0.25) is 10.0 Å². The number of aromatic nitrogens is 2. The lowest BCUT2D eigenvalue weighted by molar-refractivity contribution is -0.141. The molecular formula is C16H12Cl2F5N3O2. The van der Waals surface area contributed by atoms with E-state index in [1.54, 1.807) is 0 Å². The van der Waals surface area contributed by atoms with Crippen molar-refractivity contribution >= 4 is 34.8 Å². The molecule has 28 heavy (non-hydrogen) atoms. The van der Waals surface area contributed by atoms with E-state index in [0.717, 1.165) is 10.7 Å². The quantitative estimate of drug-likeness (QED) is 0.614. The molecule has 0 saturated heterocycles. The number of alkyl halides is 5. The average Bonchev–Trinajstić information content (AvgIpc) is 3.33. The van der Waals surface area contributed by atoms with Crippen molar-refractivity contribution in [3.05, 3.63) is 39.6 Å². The molecule has 1 aliphatic rings. The van der Waals surface area contributed by atoms with E-state index in [1.165, 1.54) is 12.1 Å². The molecule has 0 aliphatic heterocycles. The van der Waals surface area contributed by atoms with E-state index < -0.39 is 36.0 Å².